The minimum absolute atomic E-state index is 0.112. The van der Waals surface area contributed by atoms with Crippen molar-refractivity contribution in [2.75, 3.05) is 25.5 Å². The lowest BCUT2D eigenvalue weighted by Gasteiger charge is -2.16. The molecule has 2 heterocycles. The fraction of sp³-hybridized carbons (Fsp3) is 0.600. The van der Waals surface area contributed by atoms with Crippen LogP contribution in [0.25, 0.3) is 11.2 Å². The van der Waals surface area contributed by atoms with Gasteiger partial charge in [-0.2, -0.15) is 4.98 Å². The van der Waals surface area contributed by atoms with E-state index in [1.165, 1.54) is 13.8 Å². The maximum Gasteiger partial charge on any atom is 0.320 e. The molecule has 0 aromatic carbocycles. The number of aliphatic carboxylic acids is 1. The van der Waals surface area contributed by atoms with Crippen LogP contribution in [0.15, 0.2) is 12.5 Å². The Morgan fingerprint density at radius 3 is 2.27 bits per heavy atom. The van der Waals surface area contributed by atoms with Gasteiger partial charge in [0.25, 0.3) is 0 Å². The van der Waals surface area contributed by atoms with Gasteiger partial charge in [0.2, 0.25) is 5.95 Å². The number of nitrogen functional groups attached to an aromatic ring is 1. The van der Waals surface area contributed by atoms with Crippen molar-refractivity contribution < 1.29 is 29.0 Å². The molecule has 2 rings (SSSR count). The first-order valence-electron chi connectivity index (χ1n) is 10.5. The Labute approximate surface area is 191 Å². The summed E-state index contributed by atoms with van der Waals surface area (Å²) in [6, 6.07) is -0.716. The zero-order valence-corrected chi connectivity index (χ0v) is 19.0. The molecule has 13 nitrogen and oxygen atoms in total. The standard InChI is InChI=1S/C14H19N5O4.C6H14N2O2/c1-9(20)22-6-11(7-23-10(2)21)3-4-19-8-17-12-5-16-14(15)18-13(12)19;7-4-2-1-3-5(8)6(9)10/h5,8,11H,3-4,6-7H2,1-2H3,(H2,15,16,18);5H,1-4,7-8H2,(H,9,10). The average Bonchev–Trinajstić information content (AvgIpc) is 3.15. The minimum Gasteiger partial charge on any atom is -0.480 e. The molecule has 1 atom stereocenters. The highest BCUT2D eigenvalue weighted by Gasteiger charge is 2.14. The zero-order valence-electron chi connectivity index (χ0n) is 19.0. The molecule has 0 aliphatic carbocycles. The molecular formula is C20H33N7O6. The number of hydrogen-bond acceptors (Lipinski definition) is 11. The molecule has 0 radical (unpaired) electrons. The largest absolute Gasteiger partial charge is 0.480 e. The van der Waals surface area contributed by atoms with Crippen LogP contribution in [0.5, 0.6) is 0 Å². The maximum atomic E-state index is 11.0. The summed E-state index contributed by atoms with van der Waals surface area (Å²) >= 11 is 0. The van der Waals surface area contributed by atoms with Crippen molar-refractivity contribution in [3.63, 3.8) is 0 Å². The van der Waals surface area contributed by atoms with E-state index < -0.39 is 12.0 Å². The first-order chi connectivity index (χ1) is 15.6. The van der Waals surface area contributed by atoms with Gasteiger partial charge in [0.05, 0.1) is 25.7 Å². The quantitative estimate of drug-likeness (QED) is 0.241. The Balaban J connectivity index is 0.000000461. The van der Waals surface area contributed by atoms with E-state index in [1.807, 2.05) is 4.57 Å². The van der Waals surface area contributed by atoms with Crippen molar-refractivity contribution in [2.45, 2.75) is 52.1 Å². The number of carbonyl (C=O) groups is 3. The number of nitrogens with two attached hydrogens (primary N) is 3. The minimum atomic E-state index is -0.933. The molecule has 0 amide bonds. The van der Waals surface area contributed by atoms with E-state index in [4.69, 9.17) is 31.8 Å². The predicted molar refractivity (Wildman–Crippen MR) is 120 cm³/mol. The van der Waals surface area contributed by atoms with Gasteiger partial charge < -0.3 is 36.3 Å². The van der Waals surface area contributed by atoms with Crippen LogP contribution in [-0.4, -0.2) is 68.3 Å². The van der Waals surface area contributed by atoms with Gasteiger partial charge in [-0.25, -0.2) is 9.97 Å². The van der Waals surface area contributed by atoms with E-state index >= 15 is 0 Å². The van der Waals surface area contributed by atoms with E-state index in [2.05, 4.69) is 15.0 Å². The number of ether oxygens (including phenoxy) is 2. The normalized spacial score (nSPS) is 11.5. The molecule has 2 aromatic heterocycles. The molecule has 1 unspecified atom stereocenters. The number of aromatic nitrogens is 4. The molecule has 2 aromatic rings. The van der Waals surface area contributed by atoms with Crippen molar-refractivity contribution in [1.82, 2.24) is 19.5 Å². The van der Waals surface area contributed by atoms with E-state index in [0.29, 0.717) is 37.1 Å². The molecule has 0 saturated carbocycles. The molecule has 0 fully saturated rings. The molecule has 0 bridgehead atoms. The van der Waals surface area contributed by atoms with Crippen LogP contribution in [-0.2, 0) is 30.4 Å². The van der Waals surface area contributed by atoms with Crippen molar-refractivity contribution in [1.29, 1.82) is 0 Å². The Morgan fingerprint density at radius 2 is 1.73 bits per heavy atom. The third kappa shape index (κ3) is 11.2. The number of esters is 2. The van der Waals surface area contributed by atoms with Gasteiger partial charge in [0, 0.05) is 26.3 Å². The Morgan fingerprint density at radius 1 is 1.09 bits per heavy atom. The van der Waals surface area contributed by atoms with Crippen LogP contribution >= 0.6 is 0 Å². The monoisotopic (exact) mass is 467 g/mol. The number of nitrogens with zero attached hydrogens (tertiary/aromatic N) is 4. The third-order valence-corrected chi connectivity index (χ3v) is 4.49. The van der Waals surface area contributed by atoms with E-state index in [0.717, 1.165) is 12.8 Å². The second-order valence-corrected chi connectivity index (χ2v) is 7.36. The van der Waals surface area contributed by atoms with Crippen LogP contribution in [0.4, 0.5) is 5.95 Å². The third-order valence-electron chi connectivity index (χ3n) is 4.49. The molecular weight excluding hydrogens is 434 g/mol. The average molecular weight is 468 g/mol. The van der Waals surface area contributed by atoms with Crippen LogP contribution < -0.4 is 17.2 Å². The van der Waals surface area contributed by atoms with E-state index in [9.17, 15) is 14.4 Å². The highest BCUT2D eigenvalue weighted by Crippen LogP contribution is 2.13. The fourth-order valence-corrected chi connectivity index (χ4v) is 2.67. The highest BCUT2D eigenvalue weighted by atomic mass is 16.5. The highest BCUT2D eigenvalue weighted by molar-refractivity contribution is 5.73. The SMILES string of the molecule is CC(=O)OCC(CCn1cnc2cnc(N)nc21)COC(C)=O.NCCCCC(N)C(=O)O. The van der Waals surface area contributed by atoms with E-state index in [1.54, 1.807) is 12.5 Å². The second kappa shape index (κ2) is 14.7. The molecule has 184 valence electrons. The number of unbranched alkanes of at least 4 members (excludes halogenated alkanes) is 1. The smallest absolute Gasteiger partial charge is 0.320 e. The lowest BCUT2D eigenvalue weighted by molar-refractivity contribution is -0.146. The fourth-order valence-electron chi connectivity index (χ4n) is 2.67. The van der Waals surface area contributed by atoms with Crippen LogP contribution in [0.1, 0.15) is 39.5 Å². The Hall–Kier alpha value is -3.32. The molecule has 7 N–H and O–H groups in total. The topological polar surface area (TPSA) is 212 Å². The first kappa shape index (κ1) is 27.7. The van der Waals surface area contributed by atoms with Crippen molar-refractivity contribution in [3.8, 4) is 0 Å². The molecule has 13 heteroatoms. The summed E-state index contributed by atoms with van der Waals surface area (Å²) in [4.78, 5) is 44.3. The summed E-state index contributed by atoms with van der Waals surface area (Å²) in [6.45, 7) is 4.23. The number of carboxylic acids is 1. The number of aryl methyl sites for hydroxylation is 1. The van der Waals surface area contributed by atoms with Gasteiger partial charge >= 0.3 is 17.9 Å². The van der Waals surface area contributed by atoms with Gasteiger partial charge in [-0.1, -0.05) is 6.42 Å². The van der Waals surface area contributed by atoms with Crippen molar-refractivity contribution >= 4 is 35.0 Å². The lowest BCUT2D eigenvalue weighted by atomic mass is 10.1. The summed E-state index contributed by atoms with van der Waals surface area (Å²) < 4.78 is 11.9. The molecule has 33 heavy (non-hydrogen) atoms. The van der Waals surface area contributed by atoms with Gasteiger partial charge in [0.15, 0.2) is 5.65 Å². The van der Waals surface area contributed by atoms with Gasteiger partial charge in [-0.15, -0.1) is 0 Å². The van der Waals surface area contributed by atoms with Gasteiger partial charge in [0.1, 0.15) is 11.6 Å². The number of rotatable bonds is 12. The molecule has 0 aliphatic rings. The number of carbonyl (C=O) groups excluding carboxylic acids is 2. The number of fused-ring (bicyclic) bond motifs is 1. The number of carboxylic acid groups (broad SMARTS) is 1. The lowest BCUT2D eigenvalue weighted by Crippen LogP contribution is -2.29. The van der Waals surface area contributed by atoms with Crippen LogP contribution in [0, 0.1) is 5.92 Å². The summed E-state index contributed by atoms with van der Waals surface area (Å²) in [5.74, 6) is -1.61. The summed E-state index contributed by atoms with van der Waals surface area (Å²) in [6.07, 6.45) is 5.99. The number of imidazole rings is 1. The Kier molecular flexibility index (Phi) is 12.3. The van der Waals surface area contributed by atoms with Crippen LogP contribution in [0.2, 0.25) is 0 Å². The van der Waals surface area contributed by atoms with Crippen molar-refractivity contribution in [2.24, 2.45) is 17.4 Å². The van der Waals surface area contributed by atoms with Crippen LogP contribution in [0.3, 0.4) is 0 Å². The number of anilines is 1. The summed E-state index contributed by atoms with van der Waals surface area (Å²) in [5.41, 5.74) is 17.3. The zero-order chi connectivity index (χ0) is 24.8. The number of hydrogen-bond donors (Lipinski definition) is 4. The maximum absolute atomic E-state index is 11.0. The summed E-state index contributed by atoms with van der Waals surface area (Å²) in [5, 5.41) is 8.33. The Bertz CT molecular complexity index is 886. The second-order valence-electron chi connectivity index (χ2n) is 7.36. The van der Waals surface area contributed by atoms with Gasteiger partial charge in [-0.3, -0.25) is 14.4 Å². The molecule has 0 aliphatic heterocycles. The molecule has 0 saturated heterocycles. The van der Waals surface area contributed by atoms with E-state index in [-0.39, 0.29) is 37.0 Å². The molecule has 0 spiro atoms. The first-order valence-corrected chi connectivity index (χ1v) is 10.5. The predicted octanol–water partition coefficient (Wildman–Crippen LogP) is 0.0683. The summed E-state index contributed by atoms with van der Waals surface area (Å²) in [7, 11) is 0. The van der Waals surface area contributed by atoms with Gasteiger partial charge in [-0.05, 0) is 25.8 Å². The van der Waals surface area contributed by atoms with Crippen molar-refractivity contribution in [3.05, 3.63) is 12.5 Å².